The third-order valence-corrected chi connectivity index (χ3v) is 6.13. The van der Waals surface area contributed by atoms with Crippen LogP contribution in [0.2, 0.25) is 0 Å². The molecule has 1 aliphatic carbocycles. The molecule has 4 aliphatic heterocycles. The van der Waals surface area contributed by atoms with Gasteiger partial charge in [0, 0.05) is 24.8 Å². The SMILES string of the molecule is C[C@@H]1CC[C@H]2C(CN)=C(C(F)(F)F)O[C@@H]3O[C@]4(C)CC[C@@H]1[C@]32OO4. The molecular weight excluding hydrogens is 327 g/mol. The number of nitrogens with two attached hydrogens (primary N) is 1. The molecule has 0 amide bonds. The second-order valence-electron chi connectivity index (χ2n) is 7.53. The molecule has 4 fully saturated rings. The van der Waals surface area contributed by atoms with E-state index in [0.29, 0.717) is 12.8 Å². The molecule has 0 aromatic heterocycles. The van der Waals surface area contributed by atoms with Gasteiger partial charge in [0.05, 0.1) is 0 Å². The number of allylic oxidation sites excluding steroid dienone is 1. The predicted molar refractivity (Wildman–Crippen MR) is 76.0 cm³/mol. The van der Waals surface area contributed by atoms with E-state index in [4.69, 9.17) is 25.0 Å². The molecule has 136 valence electrons. The summed E-state index contributed by atoms with van der Waals surface area (Å²) in [5, 5.41) is 0. The van der Waals surface area contributed by atoms with Gasteiger partial charge in [-0.15, -0.1) is 0 Å². The molecule has 4 heterocycles. The Kier molecular flexibility index (Phi) is 3.53. The molecule has 8 heteroatoms. The molecule has 1 spiro atoms. The minimum Gasteiger partial charge on any atom is -0.456 e. The van der Waals surface area contributed by atoms with E-state index >= 15 is 0 Å². The summed E-state index contributed by atoms with van der Waals surface area (Å²) in [6.07, 6.45) is -3.07. The van der Waals surface area contributed by atoms with Crippen LogP contribution < -0.4 is 5.73 Å². The van der Waals surface area contributed by atoms with Gasteiger partial charge in [0.2, 0.25) is 17.8 Å². The number of rotatable bonds is 1. The predicted octanol–water partition coefficient (Wildman–Crippen LogP) is 3.01. The van der Waals surface area contributed by atoms with Crippen LogP contribution >= 0.6 is 0 Å². The minimum atomic E-state index is -4.61. The molecule has 5 aliphatic rings. The minimum absolute atomic E-state index is 0.00177. The molecule has 0 radical (unpaired) electrons. The van der Waals surface area contributed by atoms with E-state index in [0.717, 1.165) is 12.8 Å². The summed E-state index contributed by atoms with van der Waals surface area (Å²) < 4.78 is 51.7. The highest BCUT2D eigenvalue weighted by Gasteiger charge is 2.69. The van der Waals surface area contributed by atoms with Gasteiger partial charge >= 0.3 is 6.18 Å². The van der Waals surface area contributed by atoms with Crippen molar-refractivity contribution in [2.75, 3.05) is 6.54 Å². The largest absolute Gasteiger partial charge is 0.456 e. The first-order valence-corrected chi connectivity index (χ1v) is 8.43. The smallest absolute Gasteiger partial charge is 0.449 e. The van der Waals surface area contributed by atoms with Gasteiger partial charge in [0.1, 0.15) is 0 Å². The van der Waals surface area contributed by atoms with Crippen molar-refractivity contribution in [1.82, 2.24) is 0 Å². The molecule has 3 saturated heterocycles. The highest BCUT2D eigenvalue weighted by atomic mass is 19.4. The lowest BCUT2D eigenvalue weighted by atomic mass is 9.59. The quantitative estimate of drug-likeness (QED) is 0.738. The van der Waals surface area contributed by atoms with Crippen LogP contribution in [0.5, 0.6) is 0 Å². The Bertz CT molecular complexity index is 580. The molecule has 24 heavy (non-hydrogen) atoms. The maximum Gasteiger partial charge on any atom is 0.449 e. The summed E-state index contributed by atoms with van der Waals surface area (Å²) in [7, 11) is 0. The number of alkyl halides is 3. The number of hydrogen-bond acceptors (Lipinski definition) is 5. The van der Waals surface area contributed by atoms with Crippen LogP contribution in [0.25, 0.3) is 0 Å². The molecular formula is C16H22F3NO4. The first-order chi connectivity index (χ1) is 11.2. The summed E-state index contributed by atoms with van der Waals surface area (Å²) >= 11 is 0. The summed E-state index contributed by atoms with van der Waals surface area (Å²) in [4.78, 5) is 11.3. The van der Waals surface area contributed by atoms with Crippen molar-refractivity contribution in [3.8, 4) is 0 Å². The highest BCUT2D eigenvalue weighted by Crippen LogP contribution is 2.61. The Morgan fingerprint density at radius 3 is 2.62 bits per heavy atom. The first kappa shape index (κ1) is 16.6. The Morgan fingerprint density at radius 2 is 1.96 bits per heavy atom. The third kappa shape index (κ3) is 2.09. The third-order valence-electron chi connectivity index (χ3n) is 6.13. The lowest BCUT2D eigenvalue weighted by molar-refractivity contribution is -0.557. The van der Waals surface area contributed by atoms with E-state index in [1.54, 1.807) is 6.92 Å². The van der Waals surface area contributed by atoms with Crippen LogP contribution in [0, 0.1) is 17.8 Å². The molecule has 5 nitrogen and oxygen atoms in total. The lowest BCUT2D eigenvalue weighted by Gasteiger charge is -2.57. The zero-order valence-electron chi connectivity index (χ0n) is 13.7. The Balaban J connectivity index is 1.88. The van der Waals surface area contributed by atoms with Crippen molar-refractivity contribution in [2.45, 2.75) is 63.4 Å². The molecule has 2 N–H and O–H groups in total. The van der Waals surface area contributed by atoms with Crippen molar-refractivity contribution >= 4 is 0 Å². The van der Waals surface area contributed by atoms with Crippen molar-refractivity contribution in [3.05, 3.63) is 11.3 Å². The van der Waals surface area contributed by atoms with Gasteiger partial charge in [-0.1, -0.05) is 6.92 Å². The summed E-state index contributed by atoms with van der Waals surface area (Å²) in [5.41, 5.74) is 4.70. The van der Waals surface area contributed by atoms with Crippen molar-refractivity contribution < 1.29 is 32.4 Å². The maximum atomic E-state index is 13.5. The van der Waals surface area contributed by atoms with Gasteiger partial charge in [-0.25, -0.2) is 9.78 Å². The van der Waals surface area contributed by atoms with Crippen molar-refractivity contribution in [1.29, 1.82) is 0 Å². The van der Waals surface area contributed by atoms with E-state index < -0.39 is 35.5 Å². The molecule has 5 rings (SSSR count). The molecule has 0 unspecified atom stereocenters. The monoisotopic (exact) mass is 349 g/mol. The van der Waals surface area contributed by atoms with Crippen LogP contribution in [0.1, 0.15) is 39.5 Å². The van der Waals surface area contributed by atoms with Gasteiger partial charge in [-0.2, -0.15) is 13.2 Å². The second-order valence-corrected chi connectivity index (χ2v) is 7.53. The average Bonchev–Trinajstić information content (AvgIpc) is 2.74. The molecule has 2 bridgehead atoms. The van der Waals surface area contributed by atoms with Gasteiger partial charge in [-0.3, -0.25) is 0 Å². The summed E-state index contributed by atoms with van der Waals surface area (Å²) in [6.45, 7) is 3.55. The summed E-state index contributed by atoms with van der Waals surface area (Å²) in [6, 6.07) is 0. The van der Waals surface area contributed by atoms with E-state index in [-0.39, 0.29) is 24.0 Å². The van der Waals surface area contributed by atoms with Crippen LogP contribution in [0.4, 0.5) is 13.2 Å². The van der Waals surface area contributed by atoms with Gasteiger partial charge < -0.3 is 15.2 Å². The molecule has 6 atom stereocenters. The molecule has 1 saturated carbocycles. The van der Waals surface area contributed by atoms with E-state index in [9.17, 15) is 13.2 Å². The highest BCUT2D eigenvalue weighted by molar-refractivity contribution is 5.28. The van der Waals surface area contributed by atoms with Crippen LogP contribution in [-0.4, -0.2) is 30.4 Å². The molecule has 0 aromatic rings. The van der Waals surface area contributed by atoms with Crippen LogP contribution in [0.15, 0.2) is 11.3 Å². The maximum absolute atomic E-state index is 13.5. The number of fused-ring (bicyclic) bond motifs is 2. The molecule has 0 aromatic carbocycles. The lowest BCUT2D eigenvalue weighted by Crippen LogP contribution is -2.67. The number of halogens is 3. The standard InChI is InChI=1S/C16H22F3NO4/c1-8-3-4-11-9(7-20)12(16(17,18)19)21-13-15(11)10(8)5-6-14(2,22-13)23-24-15/h8,10-11,13H,3-7,20H2,1-2H3/t8-,10+,11+,13-,14+,15-/m1/s1. The van der Waals surface area contributed by atoms with Crippen molar-refractivity contribution in [3.63, 3.8) is 0 Å². The fourth-order valence-electron chi connectivity index (χ4n) is 4.97. The van der Waals surface area contributed by atoms with E-state index in [1.165, 1.54) is 0 Å². The van der Waals surface area contributed by atoms with Crippen LogP contribution in [-0.2, 0) is 19.2 Å². The fourth-order valence-corrected chi connectivity index (χ4v) is 4.97. The topological polar surface area (TPSA) is 62.9 Å². The average molecular weight is 349 g/mol. The second kappa shape index (κ2) is 5.09. The normalized spacial score (nSPS) is 47.9. The Hall–Kier alpha value is -0.830. The zero-order valence-corrected chi connectivity index (χ0v) is 13.7. The fraction of sp³-hybridized carbons (Fsp3) is 0.875. The zero-order chi connectivity index (χ0) is 17.3. The number of ether oxygens (including phenoxy) is 2. The van der Waals surface area contributed by atoms with Gasteiger partial charge in [0.15, 0.2) is 5.60 Å². The first-order valence-electron chi connectivity index (χ1n) is 8.43. The van der Waals surface area contributed by atoms with E-state index in [1.807, 2.05) is 0 Å². The Labute approximate surface area is 138 Å². The van der Waals surface area contributed by atoms with Crippen molar-refractivity contribution in [2.24, 2.45) is 23.5 Å². The van der Waals surface area contributed by atoms with Crippen LogP contribution in [0.3, 0.4) is 0 Å². The summed E-state index contributed by atoms with van der Waals surface area (Å²) in [5.74, 6) is -2.33. The van der Waals surface area contributed by atoms with Gasteiger partial charge in [0.25, 0.3) is 0 Å². The Morgan fingerprint density at radius 1 is 1.21 bits per heavy atom. The van der Waals surface area contributed by atoms with E-state index in [2.05, 4.69) is 6.92 Å². The number of hydrogen-bond donors (Lipinski definition) is 1. The van der Waals surface area contributed by atoms with Gasteiger partial charge in [-0.05, 0) is 37.7 Å².